The van der Waals surface area contributed by atoms with Gasteiger partial charge in [0.1, 0.15) is 5.75 Å². The molecule has 3 N–H and O–H groups in total. The lowest BCUT2D eigenvalue weighted by molar-refractivity contribution is 0.0827. The monoisotopic (exact) mass is 524 g/mol. The van der Waals surface area contributed by atoms with Gasteiger partial charge in [-0.05, 0) is 61.6 Å². The summed E-state index contributed by atoms with van der Waals surface area (Å²) in [6, 6.07) is 11.6. The SMILES string of the molecule is CCNC(=NCc1cc(C)c(O)c(C)c1)NCCc1cccc(C(=O)N(C)C)c1.I. The molecule has 0 saturated carbocycles. The van der Waals surface area contributed by atoms with Gasteiger partial charge in [-0.3, -0.25) is 4.79 Å². The van der Waals surface area contributed by atoms with Gasteiger partial charge in [-0.25, -0.2) is 4.99 Å². The average Bonchev–Trinajstić information content (AvgIpc) is 2.69. The standard InChI is InChI=1S/C23H32N4O2.HI/c1-6-24-23(26-15-19-12-16(2)21(28)17(3)13-19)25-11-10-18-8-7-9-20(14-18)22(29)27(4)5;/h7-9,12-14,28H,6,10-11,15H2,1-5H3,(H2,24,25,26);1H. The van der Waals surface area contributed by atoms with Gasteiger partial charge >= 0.3 is 0 Å². The van der Waals surface area contributed by atoms with E-state index in [4.69, 9.17) is 0 Å². The van der Waals surface area contributed by atoms with Crippen molar-refractivity contribution >= 4 is 35.8 Å². The second kappa shape index (κ2) is 12.4. The minimum atomic E-state index is 0. The Morgan fingerprint density at radius 3 is 2.33 bits per heavy atom. The van der Waals surface area contributed by atoms with Crippen LogP contribution in [0.4, 0.5) is 0 Å². The molecule has 6 nitrogen and oxygen atoms in total. The van der Waals surface area contributed by atoms with Crippen molar-refractivity contribution in [3.05, 3.63) is 64.2 Å². The number of aromatic hydroxyl groups is 1. The molecule has 0 radical (unpaired) electrons. The number of phenolic OH excluding ortho intramolecular Hbond substituents is 1. The van der Waals surface area contributed by atoms with Gasteiger partial charge in [0.05, 0.1) is 6.54 Å². The highest BCUT2D eigenvalue weighted by Gasteiger charge is 2.08. The zero-order chi connectivity index (χ0) is 21.4. The number of nitrogens with zero attached hydrogens (tertiary/aromatic N) is 2. The summed E-state index contributed by atoms with van der Waals surface area (Å²) < 4.78 is 0. The highest BCUT2D eigenvalue weighted by Crippen LogP contribution is 2.23. The van der Waals surface area contributed by atoms with Gasteiger partial charge in [-0.1, -0.05) is 24.3 Å². The first-order chi connectivity index (χ1) is 13.8. The Morgan fingerprint density at radius 2 is 1.73 bits per heavy atom. The van der Waals surface area contributed by atoms with Gasteiger partial charge in [0.15, 0.2) is 5.96 Å². The van der Waals surface area contributed by atoms with Crippen LogP contribution >= 0.6 is 24.0 Å². The van der Waals surface area contributed by atoms with Crippen LogP contribution in [0.1, 0.15) is 39.5 Å². The fraction of sp³-hybridized carbons (Fsp3) is 0.391. The smallest absolute Gasteiger partial charge is 0.253 e. The predicted molar refractivity (Wildman–Crippen MR) is 134 cm³/mol. The van der Waals surface area contributed by atoms with Crippen LogP contribution in [0.25, 0.3) is 0 Å². The number of hydrogen-bond acceptors (Lipinski definition) is 3. The van der Waals surface area contributed by atoms with Crippen molar-refractivity contribution in [1.29, 1.82) is 0 Å². The molecule has 0 fully saturated rings. The van der Waals surface area contributed by atoms with Gasteiger partial charge in [-0.2, -0.15) is 0 Å². The van der Waals surface area contributed by atoms with Gasteiger partial charge in [0.2, 0.25) is 0 Å². The van der Waals surface area contributed by atoms with Crippen LogP contribution in [0.5, 0.6) is 5.75 Å². The first kappa shape index (κ1) is 25.7. The second-order valence-corrected chi connectivity index (χ2v) is 7.35. The van der Waals surface area contributed by atoms with E-state index in [1.54, 1.807) is 19.0 Å². The molecule has 0 heterocycles. The molecule has 2 aromatic rings. The molecule has 0 aliphatic rings. The van der Waals surface area contributed by atoms with Gasteiger partial charge < -0.3 is 20.6 Å². The van der Waals surface area contributed by atoms with Crippen LogP contribution in [-0.2, 0) is 13.0 Å². The van der Waals surface area contributed by atoms with E-state index in [1.165, 1.54) is 0 Å². The molecule has 0 aliphatic heterocycles. The van der Waals surface area contributed by atoms with Crippen LogP contribution in [0.3, 0.4) is 0 Å². The number of hydrogen-bond donors (Lipinski definition) is 3. The Labute approximate surface area is 196 Å². The molecule has 7 heteroatoms. The van der Waals surface area contributed by atoms with Crippen LogP contribution < -0.4 is 10.6 Å². The number of phenols is 1. The largest absolute Gasteiger partial charge is 0.507 e. The molecule has 0 bridgehead atoms. The minimum Gasteiger partial charge on any atom is -0.507 e. The summed E-state index contributed by atoms with van der Waals surface area (Å²) >= 11 is 0. The number of halogens is 1. The normalized spacial score (nSPS) is 10.9. The Morgan fingerprint density at radius 1 is 1.07 bits per heavy atom. The molecule has 0 spiro atoms. The lowest BCUT2D eigenvalue weighted by Gasteiger charge is -2.13. The summed E-state index contributed by atoms with van der Waals surface area (Å²) in [5.41, 5.74) is 4.59. The molecule has 0 atom stereocenters. The van der Waals surface area contributed by atoms with Gasteiger partial charge in [0.25, 0.3) is 5.91 Å². The Bertz CT molecular complexity index is 858. The number of amides is 1. The van der Waals surface area contributed by atoms with Crippen LogP contribution in [-0.4, -0.2) is 49.1 Å². The number of aliphatic imine (C=N–C) groups is 1. The molecular formula is C23H33IN4O2. The van der Waals surface area contributed by atoms with Gasteiger partial charge in [-0.15, -0.1) is 24.0 Å². The molecule has 0 aliphatic carbocycles. The van der Waals surface area contributed by atoms with Crippen LogP contribution in [0.2, 0.25) is 0 Å². The summed E-state index contributed by atoms with van der Waals surface area (Å²) in [7, 11) is 3.51. The zero-order valence-electron chi connectivity index (χ0n) is 18.5. The molecule has 0 saturated heterocycles. The number of carbonyl (C=O) groups is 1. The molecule has 164 valence electrons. The molecule has 2 rings (SSSR count). The summed E-state index contributed by atoms with van der Waals surface area (Å²) in [6.07, 6.45) is 0.788. The third kappa shape index (κ3) is 7.51. The highest BCUT2D eigenvalue weighted by atomic mass is 127. The minimum absolute atomic E-state index is 0. The van der Waals surface area contributed by atoms with E-state index in [2.05, 4.69) is 15.6 Å². The first-order valence-corrected chi connectivity index (χ1v) is 9.93. The number of guanidine groups is 1. The molecule has 0 aromatic heterocycles. The number of nitrogens with one attached hydrogen (secondary N) is 2. The fourth-order valence-corrected chi connectivity index (χ4v) is 3.09. The third-order valence-corrected chi connectivity index (χ3v) is 4.60. The maximum atomic E-state index is 12.1. The Kier molecular flexibility index (Phi) is 10.7. The number of benzene rings is 2. The summed E-state index contributed by atoms with van der Waals surface area (Å²) in [5.74, 6) is 1.10. The summed E-state index contributed by atoms with van der Waals surface area (Å²) in [4.78, 5) is 18.3. The predicted octanol–water partition coefficient (Wildman–Crippen LogP) is 3.63. The van der Waals surface area contributed by atoms with Crippen molar-refractivity contribution < 1.29 is 9.90 Å². The topological polar surface area (TPSA) is 77.0 Å². The van der Waals surface area contributed by atoms with Crippen LogP contribution in [0.15, 0.2) is 41.4 Å². The lowest BCUT2D eigenvalue weighted by atomic mass is 10.1. The van der Waals surface area contributed by atoms with E-state index in [0.29, 0.717) is 24.4 Å². The number of carbonyl (C=O) groups excluding carboxylic acids is 1. The first-order valence-electron chi connectivity index (χ1n) is 9.93. The third-order valence-electron chi connectivity index (χ3n) is 4.60. The number of aryl methyl sites for hydroxylation is 2. The van der Waals surface area contributed by atoms with E-state index in [0.717, 1.165) is 41.2 Å². The maximum absolute atomic E-state index is 12.1. The number of rotatable bonds is 7. The Balaban J connectivity index is 0.00000450. The van der Waals surface area contributed by atoms with Crippen molar-refractivity contribution in [2.75, 3.05) is 27.2 Å². The Hall–Kier alpha value is -2.29. The molecule has 30 heavy (non-hydrogen) atoms. The van der Waals surface area contributed by atoms with Crippen molar-refractivity contribution in [3.63, 3.8) is 0 Å². The van der Waals surface area contributed by atoms with E-state index in [-0.39, 0.29) is 29.9 Å². The van der Waals surface area contributed by atoms with E-state index in [9.17, 15) is 9.90 Å². The fourth-order valence-electron chi connectivity index (χ4n) is 3.09. The quantitative estimate of drug-likeness (QED) is 0.294. The highest BCUT2D eigenvalue weighted by molar-refractivity contribution is 14.0. The van der Waals surface area contributed by atoms with Crippen LogP contribution in [0, 0.1) is 13.8 Å². The second-order valence-electron chi connectivity index (χ2n) is 7.35. The molecule has 1 amide bonds. The van der Waals surface area contributed by atoms with Crippen molar-refractivity contribution in [2.45, 2.75) is 33.7 Å². The summed E-state index contributed by atoms with van der Waals surface area (Å²) in [5, 5.41) is 16.5. The van der Waals surface area contributed by atoms with Crippen molar-refractivity contribution in [1.82, 2.24) is 15.5 Å². The van der Waals surface area contributed by atoms with Gasteiger partial charge in [0, 0.05) is 32.7 Å². The lowest BCUT2D eigenvalue weighted by Crippen LogP contribution is -2.38. The molecule has 2 aromatic carbocycles. The van der Waals surface area contributed by atoms with E-state index < -0.39 is 0 Å². The van der Waals surface area contributed by atoms with E-state index in [1.807, 2.05) is 57.2 Å². The molecule has 0 unspecified atom stereocenters. The average molecular weight is 524 g/mol. The van der Waals surface area contributed by atoms with E-state index >= 15 is 0 Å². The maximum Gasteiger partial charge on any atom is 0.253 e. The van der Waals surface area contributed by atoms with Crippen molar-refractivity contribution in [2.24, 2.45) is 4.99 Å². The van der Waals surface area contributed by atoms with Crippen molar-refractivity contribution in [3.8, 4) is 5.75 Å². The zero-order valence-corrected chi connectivity index (χ0v) is 20.8. The molecular weight excluding hydrogens is 491 g/mol. The summed E-state index contributed by atoms with van der Waals surface area (Å²) in [6.45, 7) is 7.83.